The lowest BCUT2D eigenvalue weighted by molar-refractivity contribution is -0.149. The van der Waals surface area contributed by atoms with Crippen LogP contribution < -0.4 is 5.32 Å². The summed E-state index contributed by atoms with van der Waals surface area (Å²) < 4.78 is 35.5. The predicted molar refractivity (Wildman–Crippen MR) is 30.4 cm³/mol. The van der Waals surface area contributed by atoms with Crippen LogP contribution >= 0.6 is 0 Å². The van der Waals surface area contributed by atoms with Crippen molar-refractivity contribution in [1.29, 1.82) is 0 Å². The van der Waals surface area contributed by atoms with Gasteiger partial charge in [-0.05, 0) is 0 Å². The number of nitrogens with zero attached hydrogens (tertiary/aromatic N) is 1. The molecule has 63 valence electrons. The summed E-state index contributed by atoms with van der Waals surface area (Å²) >= 11 is 0. The van der Waals surface area contributed by atoms with E-state index in [0.29, 0.717) is 0 Å². The van der Waals surface area contributed by atoms with Gasteiger partial charge in [-0.15, -0.1) is 0 Å². The van der Waals surface area contributed by atoms with Crippen molar-refractivity contribution in [3.05, 3.63) is 7.05 Å². The lowest BCUT2D eigenvalue weighted by Crippen LogP contribution is -2.40. The van der Waals surface area contributed by atoms with Gasteiger partial charge in [0.2, 0.25) is 0 Å². The van der Waals surface area contributed by atoms with Gasteiger partial charge in [-0.25, -0.2) is 4.79 Å². The van der Waals surface area contributed by atoms with E-state index < -0.39 is 24.8 Å². The number of carbonyl (C=O) groups excluding carboxylic acids is 1. The molecular weight excluding hydrogens is 161 g/mol. The summed E-state index contributed by atoms with van der Waals surface area (Å²) in [5.74, 6) is 0. The molecule has 11 heavy (non-hydrogen) atoms. The van der Waals surface area contributed by atoms with Crippen LogP contribution in [-0.2, 0) is 0 Å². The molecule has 0 aromatic heterocycles. The first kappa shape index (κ1) is 8.16. The van der Waals surface area contributed by atoms with Gasteiger partial charge in [0.05, 0.1) is 6.54 Å². The summed E-state index contributed by atoms with van der Waals surface area (Å²) in [7, 11) is 3.10. The van der Waals surface area contributed by atoms with Gasteiger partial charge < -0.3 is 10.2 Å². The second kappa shape index (κ2) is 2.28. The summed E-state index contributed by atoms with van der Waals surface area (Å²) in [5.41, 5.74) is 0. The van der Waals surface area contributed by atoms with Crippen molar-refractivity contribution in [2.75, 3.05) is 6.54 Å². The molecule has 0 bridgehead atoms. The lowest BCUT2D eigenvalue weighted by Gasteiger charge is -2.12. The number of hydrogen-bond acceptors (Lipinski definition) is 1. The zero-order valence-corrected chi connectivity index (χ0v) is 5.48. The van der Waals surface area contributed by atoms with Crippen LogP contribution in [-0.4, -0.2) is 29.7 Å². The summed E-state index contributed by atoms with van der Waals surface area (Å²) in [4.78, 5) is 11.2. The molecule has 0 spiro atoms. The third kappa shape index (κ3) is 1.55. The fourth-order valence-electron chi connectivity index (χ4n) is 0.775. The van der Waals surface area contributed by atoms with E-state index in [2.05, 4.69) is 7.05 Å². The van der Waals surface area contributed by atoms with Gasteiger partial charge in [-0.1, -0.05) is 0 Å². The number of carbonyl (C=O) groups is 1. The maximum absolute atomic E-state index is 11.8. The molecule has 1 aliphatic heterocycles. The van der Waals surface area contributed by atoms with Gasteiger partial charge in [0, 0.05) is 7.05 Å². The summed E-state index contributed by atoms with van der Waals surface area (Å²) in [6, 6.07) is -2.56. The molecule has 0 aromatic rings. The first-order valence-electron chi connectivity index (χ1n) is 2.86. The van der Waals surface area contributed by atoms with Crippen LogP contribution in [0.2, 0.25) is 0 Å². The first-order chi connectivity index (χ1) is 4.91. The number of alkyl halides is 3. The number of rotatable bonds is 0. The zero-order valence-electron chi connectivity index (χ0n) is 5.48. The number of halogens is 3. The molecule has 1 saturated heterocycles. The fourth-order valence-corrected chi connectivity index (χ4v) is 0.775. The van der Waals surface area contributed by atoms with Gasteiger partial charge in [0.1, 0.15) is 6.04 Å². The van der Waals surface area contributed by atoms with E-state index in [0.717, 1.165) is 4.90 Å². The Bertz CT molecular complexity index is 179. The van der Waals surface area contributed by atoms with Crippen molar-refractivity contribution in [3.63, 3.8) is 0 Å². The zero-order chi connectivity index (χ0) is 8.65. The quantitative estimate of drug-likeness (QED) is 0.566. The van der Waals surface area contributed by atoms with Crippen molar-refractivity contribution >= 4 is 6.03 Å². The Morgan fingerprint density at radius 2 is 2.18 bits per heavy atom. The highest BCUT2D eigenvalue weighted by Gasteiger charge is 2.45. The average molecular weight is 167 g/mol. The topological polar surface area (TPSA) is 32.3 Å². The molecule has 1 atom stereocenters. The number of hydrogen-bond donors (Lipinski definition) is 1. The van der Waals surface area contributed by atoms with Gasteiger partial charge in [0.15, 0.2) is 0 Å². The Kier molecular flexibility index (Phi) is 1.69. The normalized spacial score (nSPS) is 25.6. The van der Waals surface area contributed by atoms with Crippen molar-refractivity contribution in [1.82, 2.24) is 10.2 Å². The molecule has 1 heterocycles. The minimum Gasteiger partial charge on any atom is -0.324 e. The summed E-state index contributed by atoms with van der Waals surface area (Å²) in [6.07, 6.45) is -4.37. The van der Waals surface area contributed by atoms with E-state index in [1.165, 1.54) is 0 Å². The molecule has 2 amide bonds. The minimum absolute atomic E-state index is 0.414. The third-order valence-electron chi connectivity index (χ3n) is 1.38. The molecule has 3 nitrogen and oxygen atoms in total. The Labute approximate surface area is 61.2 Å². The van der Waals surface area contributed by atoms with Crippen LogP contribution in [0.15, 0.2) is 0 Å². The standard InChI is InChI=1S/C5H6F3N2O/c1-10-2-3(5(6,7)8)9-4(10)11/h3H,1-2H2,(H,9,11)/t3-/m0/s1. The van der Waals surface area contributed by atoms with Crippen LogP contribution in [0.5, 0.6) is 0 Å². The molecule has 1 radical (unpaired) electrons. The van der Waals surface area contributed by atoms with Crippen molar-refractivity contribution in [2.24, 2.45) is 0 Å². The van der Waals surface area contributed by atoms with Crippen molar-refractivity contribution < 1.29 is 18.0 Å². The number of amides is 2. The van der Waals surface area contributed by atoms with Gasteiger partial charge in [-0.2, -0.15) is 13.2 Å². The highest BCUT2D eigenvalue weighted by atomic mass is 19.4. The van der Waals surface area contributed by atoms with Gasteiger partial charge in [-0.3, -0.25) is 0 Å². The Balaban J connectivity index is 2.61. The molecule has 0 unspecified atom stereocenters. The molecule has 0 aliphatic carbocycles. The molecule has 0 saturated carbocycles. The van der Waals surface area contributed by atoms with Crippen molar-refractivity contribution in [2.45, 2.75) is 12.2 Å². The number of nitrogens with one attached hydrogen (secondary N) is 1. The average Bonchev–Trinajstić information content (AvgIpc) is 2.11. The largest absolute Gasteiger partial charge is 0.410 e. The summed E-state index contributed by atoms with van der Waals surface area (Å²) in [6.45, 7) is -0.414. The predicted octanol–water partition coefficient (Wildman–Crippen LogP) is 0.734. The second-order valence-electron chi connectivity index (χ2n) is 2.27. The van der Waals surface area contributed by atoms with Crippen LogP contribution in [0, 0.1) is 7.05 Å². The SMILES string of the molecule is [CH2]N1C[C@@H](C(F)(F)F)NC1=O. The maximum atomic E-state index is 11.8. The Morgan fingerprint density at radius 3 is 2.36 bits per heavy atom. The fraction of sp³-hybridized carbons (Fsp3) is 0.600. The highest BCUT2D eigenvalue weighted by Crippen LogP contribution is 2.23. The van der Waals surface area contributed by atoms with E-state index in [1.807, 2.05) is 0 Å². The van der Waals surface area contributed by atoms with Crippen LogP contribution in [0.1, 0.15) is 0 Å². The highest BCUT2D eigenvalue weighted by molar-refractivity contribution is 5.77. The smallest absolute Gasteiger partial charge is 0.324 e. The minimum atomic E-state index is -4.37. The molecule has 1 rings (SSSR count). The summed E-state index contributed by atoms with van der Waals surface area (Å²) in [5, 5.41) is 1.74. The van der Waals surface area contributed by atoms with E-state index in [-0.39, 0.29) is 0 Å². The Morgan fingerprint density at radius 1 is 1.64 bits per heavy atom. The van der Waals surface area contributed by atoms with E-state index in [9.17, 15) is 18.0 Å². The maximum Gasteiger partial charge on any atom is 0.410 e. The number of urea groups is 1. The van der Waals surface area contributed by atoms with Crippen LogP contribution in [0.4, 0.5) is 18.0 Å². The second-order valence-corrected chi connectivity index (χ2v) is 2.27. The third-order valence-corrected chi connectivity index (χ3v) is 1.38. The van der Waals surface area contributed by atoms with E-state index >= 15 is 0 Å². The lowest BCUT2D eigenvalue weighted by atomic mass is 10.3. The van der Waals surface area contributed by atoms with Gasteiger partial charge >= 0.3 is 12.2 Å². The molecule has 6 heteroatoms. The van der Waals surface area contributed by atoms with E-state index in [1.54, 1.807) is 5.32 Å². The van der Waals surface area contributed by atoms with Crippen molar-refractivity contribution in [3.8, 4) is 0 Å². The Hall–Kier alpha value is -0.940. The first-order valence-corrected chi connectivity index (χ1v) is 2.86. The monoisotopic (exact) mass is 167 g/mol. The van der Waals surface area contributed by atoms with E-state index in [4.69, 9.17) is 0 Å². The molecule has 1 aliphatic rings. The van der Waals surface area contributed by atoms with Crippen LogP contribution in [0.25, 0.3) is 0 Å². The van der Waals surface area contributed by atoms with Gasteiger partial charge in [0.25, 0.3) is 0 Å². The molecular formula is C5H6F3N2O. The molecule has 1 fully saturated rings. The molecule has 0 aromatic carbocycles. The van der Waals surface area contributed by atoms with Crippen LogP contribution in [0.3, 0.4) is 0 Å². The molecule has 1 N–H and O–H groups in total.